The van der Waals surface area contributed by atoms with Crippen LogP contribution in [0.4, 0.5) is 5.69 Å². The van der Waals surface area contributed by atoms with Gasteiger partial charge in [-0.1, -0.05) is 12.1 Å². The Hall–Kier alpha value is -2.89. The van der Waals surface area contributed by atoms with Crippen LogP contribution < -0.4 is 10.6 Å². The van der Waals surface area contributed by atoms with E-state index in [0.29, 0.717) is 28.9 Å². The lowest BCUT2D eigenvalue weighted by Gasteiger charge is -2.22. The Bertz CT molecular complexity index is 882. The molecule has 3 rings (SSSR count). The molecule has 2 aromatic rings. The number of primary amides is 1. The SMILES string of the molecule is Cc1cccc(N(CCC(N)=O)C(=O)c2[nH]c3c(c2C)C(=O)CCC3)c1. The van der Waals surface area contributed by atoms with Gasteiger partial charge in [0.15, 0.2) is 5.78 Å². The molecule has 0 unspecified atom stereocenters. The van der Waals surface area contributed by atoms with E-state index in [-0.39, 0.29) is 24.7 Å². The minimum Gasteiger partial charge on any atom is -0.370 e. The molecule has 0 spiro atoms. The molecular formula is C20H23N3O3. The number of ketones is 1. The van der Waals surface area contributed by atoms with Crippen LogP contribution in [0.3, 0.4) is 0 Å². The lowest BCUT2D eigenvalue weighted by molar-refractivity contribution is -0.117. The first-order valence-corrected chi connectivity index (χ1v) is 8.80. The summed E-state index contributed by atoms with van der Waals surface area (Å²) in [5, 5.41) is 0. The number of hydrogen-bond donors (Lipinski definition) is 2. The Kier molecular flexibility index (Phi) is 4.93. The minimum atomic E-state index is -0.465. The molecule has 136 valence electrons. The summed E-state index contributed by atoms with van der Waals surface area (Å²) >= 11 is 0. The number of fused-ring (bicyclic) bond motifs is 1. The number of hydrogen-bond acceptors (Lipinski definition) is 3. The number of aromatic amines is 1. The molecule has 0 fully saturated rings. The summed E-state index contributed by atoms with van der Waals surface area (Å²) in [4.78, 5) is 41.4. The number of amides is 2. The van der Waals surface area contributed by atoms with Crippen molar-refractivity contribution in [3.05, 3.63) is 52.3 Å². The lowest BCUT2D eigenvalue weighted by atomic mass is 9.93. The van der Waals surface area contributed by atoms with E-state index in [2.05, 4.69) is 4.98 Å². The van der Waals surface area contributed by atoms with E-state index < -0.39 is 5.91 Å². The van der Waals surface area contributed by atoms with Crippen LogP contribution in [-0.4, -0.2) is 29.1 Å². The highest BCUT2D eigenvalue weighted by atomic mass is 16.2. The molecule has 1 aliphatic rings. The highest BCUT2D eigenvalue weighted by Gasteiger charge is 2.29. The van der Waals surface area contributed by atoms with Gasteiger partial charge in [-0.3, -0.25) is 14.4 Å². The van der Waals surface area contributed by atoms with Gasteiger partial charge >= 0.3 is 0 Å². The van der Waals surface area contributed by atoms with Gasteiger partial charge < -0.3 is 15.6 Å². The van der Waals surface area contributed by atoms with Crippen molar-refractivity contribution >= 4 is 23.3 Å². The summed E-state index contributed by atoms with van der Waals surface area (Å²) in [5.41, 5.74) is 9.59. The molecule has 2 amide bonds. The third-order valence-electron chi connectivity index (χ3n) is 4.79. The molecule has 0 radical (unpaired) electrons. The number of benzene rings is 1. The van der Waals surface area contributed by atoms with Gasteiger partial charge in [-0.2, -0.15) is 0 Å². The van der Waals surface area contributed by atoms with Crippen molar-refractivity contribution in [2.24, 2.45) is 5.73 Å². The Morgan fingerprint density at radius 1 is 1.23 bits per heavy atom. The maximum Gasteiger partial charge on any atom is 0.274 e. The molecule has 0 aliphatic heterocycles. The van der Waals surface area contributed by atoms with Crippen LogP contribution in [0, 0.1) is 13.8 Å². The standard InChI is InChI=1S/C20H23N3O3/c1-12-5-3-6-14(11-12)23(10-9-17(21)25)20(26)19-13(2)18-15(22-19)7-4-8-16(18)24/h3,5-6,11,22H,4,7-10H2,1-2H3,(H2,21,25). The van der Waals surface area contributed by atoms with Crippen molar-refractivity contribution in [3.63, 3.8) is 0 Å². The molecule has 1 aliphatic carbocycles. The Balaban J connectivity index is 2.00. The number of carbonyl (C=O) groups excluding carboxylic acids is 3. The summed E-state index contributed by atoms with van der Waals surface area (Å²) in [5.74, 6) is -0.636. The van der Waals surface area contributed by atoms with Crippen LogP contribution in [-0.2, 0) is 11.2 Å². The van der Waals surface area contributed by atoms with Gasteiger partial charge in [0.2, 0.25) is 5.91 Å². The zero-order valence-electron chi connectivity index (χ0n) is 15.1. The van der Waals surface area contributed by atoms with Crippen molar-refractivity contribution in [1.29, 1.82) is 0 Å². The predicted molar refractivity (Wildman–Crippen MR) is 99.5 cm³/mol. The second kappa shape index (κ2) is 7.15. The normalized spacial score (nSPS) is 13.4. The number of H-pyrrole nitrogens is 1. The lowest BCUT2D eigenvalue weighted by Crippen LogP contribution is -2.34. The number of nitrogens with one attached hydrogen (secondary N) is 1. The monoisotopic (exact) mass is 353 g/mol. The fraction of sp³-hybridized carbons (Fsp3) is 0.350. The van der Waals surface area contributed by atoms with Gasteiger partial charge in [0, 0.05) is 36.3 Å². The van der Waals surface area contributed by atoms with Gasteiger partial charge in [-0.25, -0.2) is 0 Å². The molecule has 1 aromatic carbocycles. The van der Waals surface area contributed by atoms with E-state index in [1.54, 1.807) is 11.8 Å². The molecule has 26 heavy (non-hydrogen) atoms. The molecule has 0 saturated carbocycles. The van der Waals surface area contributed by atoms with E-state index in [4.69, 9.17) is 5.73 Å². The van der Waals surface area contributed by atoms with Crippen molar-refractivity contribution in [2.75, 3.05) is 11.4 Å². The fourth-order valence-corrected chi connectivity index (χ4v) is 3.49. The van der Waals surface area contributed by atoms with Crippen molar-refractivity contribution in [2.45, 2.75) is 39.5 Å². The number of nitrogens with two attached hydrogens (primary N) is 1. The fourth-order valence-electron chi connectivity index (χ4n) is 3.49. The van der Waals surface area contributed by atoms with Gasteiger partial charge in [0.05, 0.1) is 0 Å². The zero-order chi connectivity index (χ0) is 18.8. The summed E-state index contributed by atoms with van der Waals surface area (Å²) in [6.45, 7) is 3.93. The van der Waals surface area contributed by atoms with Crippen LogP contribution >= 0.6 is 0 Å². The van der Waals surface area contributed by atoms with Crippen molar-refractivity contribution in [1.82, 2.24) is 4.98 Å². The Labute approximate surface area is 152 Å². The average Bonchev–Trinajstić information content (AvgIpc) is 2.93. The van der Waals surface area contributed by atoms with E-state index >= 15 is 0 Å². The number of aryl methyl sites for hydroxylation is 2. The molecule has 6 heteroatoms. The molecule has 0 atom stereocenters. The first kappa shape index (κ1) is 17.9. The number of rotatable bonds is 5. The van der Waals surface area contributed by atoms with Crippen LogP contribution in [0.5, 0.6) is 0 Å². The summed E-state index contributed by atoms with van der Waals surface area (Å²) in [6, 6.07) is 7.53. The summed E-state index contributed by atoms with van der Waals surface area (Å²) in [6.07, 6.45) is 2.14. The number of anilines is 1. The molecule has 0 saturated heterocycles. The Morgan fingerprint density at radius 2 is 2.00 bits per heavy atom. The molecule has 1 aromatic heterocycles. The van der Waals surface area contributed by atoms with E-state index in [0.717, 1.165) is 24.1 Å². The molecular weight excluding hydrogens is 330 g/mol. The highest BCUT2D eigenvalue weighted by molar-refractivity contribution is 6.09. The van der Waals surface area contributed by atoms with Gasteiger partial charge in [0.25, 0.3) is 5.91 Å². The predicted octanol–water partition coefficient (Wildman–Crippen LogP) is 2.67. The van der Waals surface area contributed by atoms with Crippen LogP contribution in [0.25, 0.3) is 0 Å². The van der Waals surface area contributed by atoms with Crippen molar-refractivity contribution in [3.8, 4) is 0 Å². The molecule has 1 heterocycles. The average molecular weight is 353 g/mol. The van der Waals surface area contributed by atoms with Gasteiger partial charge in [-0.05, 0) is 49.9 Å². The minimum absolute atomic E-state index is 0.0675. The second-order valence-corrected chi connectivity index (χ2v) is 6.77. The second-order valence-electron chi connectivity index (χ2n) is 6.77. The third kappa shape index (κ3) is 3.40. The first-order valence-electron chi connectivity index (χ1n) is 8.80. The smallest absolute Gasteiger partial charge is 0.274 e. The largest absolute Gasteiger partial charge is 0.370 e. The maximum absolute atomic E-state index is 13.2. The first-order chi connectivity index (χ1) is 12.4. The van der Waals surface area contributed by atoms with Crippen LogP contribution in [0.15, 0.2) is 24.3 Å². The summed E-state index contributed by atoms with van der Waals surface area (Å²) in [7, 11) is 0. The molecule has 6 nitrogen and oxygen atoms in total. The summed E-state index contributed by atoms with van der Waals surface area (Å²) < 4.78 is 0. The molecule has 0 bridgehead atoms. The van der Waals surface area contributed by atoms with Crippen molar-refractivity contribution < 1.29 is 14.4 Å². The van der Waals surface area contributed by atoms with Gasteiger partial charge in [0.1, 0.15) is 5.69 Å². The number of Topliss-reactive ketones (excluding diaryl/α,β-unsaturated/α-hetero) is 1. The number of carbonyl (C=O) groups is 3. The third-order valence-corrected chi connectivity index (χ3v) is 4.79. The van der Waals surface area contributed by atoms with Crippen LogP contribution in [0.2, 0.25) is 0 Å². The molecule has 3 N–H and O–H groups in total. The highest BCUT2D eigenvalue weighted by Crippen LogP contribution is 2.28. The van der Waals surface area contributed by atoms with E-state index in [1.807, 2.05) is 31.2 Å². The van der Waals surface area contributed by atoms with E-state index in [9.17, 15) is 14.4 Å². The van der Waals surface area contributed by atoms with E-state index in [1.165, 1.54) is 0 Å². The Morgan fingerprint density at radius 3 is 2.65 bits per heavy atom. The topological polar surface area (TPSA) is 96.3 Å². The maximum atomic E-state index is 13.2. The van der Waals surface area contributed by atoms with Gasteiger partial charge in [-0.15, -0.1) is 0 Å². The van der Waals surface area contributed by atoms with Crippen LogP contribution in [0.1, 0.15) is 56.9 Å². The quantitative estimate of drug-likeness (QED) is 0.865. The number of aromatic nitrogens is 1. The zero-order valence-corrected chi connectivity index (χ0v) is 15.1. The number of nitrogens with zero attached hydrogens (tertiary/aromatic N) is 1.